The fourth-order valence-electron chi connectivity index (χ4n) is 0.848. The molecule has 0 aliphatic heterocycles. The summed E-state index contributed by atoms with van der Waals surface area (Å²) in [4.78, 5) is 20.8. The third kappa shape index (κ3) is 6.00. The molecule has 0 saturated carbocycles. The molecule has 0 atom stereocenters. The molecule has 0 fully saturated rings. The molecule has 18 heavy (non-hydrogen) atoms. The van der Waals surface area contributed by atoms with Gasteiger partial charge in [-0.1, -0.05) is 18.2 Å². The van der Waals surface area contributed by atoms with Crippen molar-refractivity contribution in [3.05, 3.63) is 35.4 Å². The van der Waals surface area contributed by atoms with E-state index in [-0.39, 0.29) is 11.1 Å². The summed E-state index contributed by atoms with van der Waals surface area (Å²) in [7, 11) is 6.54. The van der Waals surface area contributed by atoms with Crippen LogP contribution in [0.25, 0.3) is 0 Å². The quantitative estimate of drug-likeness (QED) is 0.794. The van der Waals surface area contributed by atoms with Crippen molar-refractivity contribution in [2.24, 2.45) is 0 Å². The Hall–Kier alpha value is -1.88. The second-order valence-electron chi connectivity index (χ2n) is 4.74. The minimum absolute atomic E-state index is 0.252. The molecule has 0 amide bonds. The van der Waals surface area contributed by atoms with Crippen molar-refractivity contribution in [3.63, 3.8) is 0 Å². The maximum Gasteiger partial charge on any atom is 0.336 e. The molecular weight excluding hydrogens is 234 g/mol. The number of carboxylic acids is 2. The van der Waals surface area contributed by atoms with Crippen LogP contribution in [0.1, 0.15) is 27.6 Å². The number of benzene rings is 1. The zero-order chi connectivity index (χ0) is 14.3. The van der Waals surface area contributed by atoms with Crippen LogP contribution in [0.4, 0.5) is 0 Å². The number of nitrogens with zero attached hydrogens (tertiary/aromatic N) is 1. The summed E-state index contributed by atoms with van der Waals surface area (Å²) in [6.07, 6.45) is 0. The zero-order valence-corrected chi connectivity index (χ0v) is 11.1. The molecule has 0 spiro atoms. The van der Waals surface area contributed by atoms with Gasteiger partial charge in [-0.15, -0.1) is 0 Å². The molecule has 0 heterocycles. The molecule has 0 bridgehead atoms. The lowest BCUT2D eigenvalue weighted by atomic mass is 10.1. The van der Waals surface area contributed by atoms with Crippen molar-refractivity contribution in [3.8, 4) is 0 Å². The monoisotopic (exact) mass is 253 g/mol. The van der Waals surface area contributed by atoms with E-state index in [9.17, 15) is 14.7 Å². The van der Waals surface area contributed by atoms with Gasteiger partial charge in [0.25, 0.3) is 0 Å². The summed E-state index contributed by atoms with van der Waals surface area (Å²) in [6.45, 7) is 3.39. The van der Waals surface area contributed by atoms with E-state index in [1.165, 1.54) is 30.8 Å². The average molecular weight is 253 g/mol. The van der Waals surface area contributed by atoms with E-state index in [2.05, 4.69) is 28.1 Å². The van der Waals surface area contributed by atoms with Gasteiger partial charge < -0.3 is 19.5 Å². The van der Waals surface area contributed by atoms with Gasteiger partial charge in [-0.25, -0.2) is 4.79 Å². The Morgan fingerprint density at radius 1 is 1.17 bits per heavy atom. The van der Waals surface area contributed by atoms with Crippen LogP contribution in [-0.2, 0) is 0 Å². The van der Waals surface area contributed by atoms with E-state index < -0.39 is 11.9 Å². The summed E-state index contributed by atoms with van der Waals surface area (Å²) in [5.74, 6) is -2.75. The summed E-state index contributed by atoms with van der Waals surface area (Å²) in [6, 6.07) is 5.31. The topological polar surface area (TPSA) is 77.4 Å². The van der Waals surface area contributed by atoms with E-state index in [0.29, 0.717) is 0 Å². The number of carbonyl (C=O) groups excluding carboxylic acids is 1. The Kier molecular flexibility index (Phi) is 6.05. The molecule has 1 aromatic carbocycles. The fourth-order valence-corrected chi connectivity index (χ4v) is 0.848. The molecule has 1 aromatic rings. The smallest absolute Gasteiger partial charge is 0.336 e. The number of carbonyl (C=O) groups is 2. The first-order valence-electron chi connectivity index (χ1n) is 5.53. The molecule has 100 valence electrons. The largest absolute Gasteiger partial charge is 0.545 e. The molecule has 0 radical (unpaired) electrons. The van der Waals surface area contributed by atoms with Gasteiger partial charge in [-0.3, -0.25) is 0 Å². The van der Waals surface area contributed by atoms with Crippen molar-refractivity contribution in [1.29, 1.82) is 0 Å². The van der Waals surface area contributed by atoms with Gasteiger partial charge >= 0.3 is 5.97 Å². The molecule has 0 saturated heterocycles. The van der Waals surface area contributed by atoms with Crippen molar-refractivity contribution in [2.75, 3.05) is 27.7 Å². The summed E-state index contributed by atoms with van der Waals surface area (Å²) in [5, 5.41) is 18.9. The Morgan fingerprint density at radius 3 is 1.78 bits per heavy atom. The molecule has 5 heteroatoms. The Morgan fingerprint density at radius 2 is 1.56 bits per heavy atom. The molecule has 1 rings (SSSR count). The highest BCUT2D eigenvalue weighted by Gasteiger charge is 2.08. The van der Waals surface area contributed by atoms with Gasteiger partial charge in [0.15, 0.2) is 0 Å². The summed E-state index contributed by atoms with van der Waals surface area (Å²) in [5.41, 5.74) is -0.553. The third-order valence-corrected chi connectivity index (χ3v) is 2.33. The van der Waals surface area contributed by atoms with Crippen molar-refractivity contribution < 1.29 is 24.3 Å². The first kappa shape index (κ1) is 16.1. The molecule has 0 aliphatic rings. The Bertz CT molecular complexity index is 388. The van der Waals surface area contributed by atoms with Crippen LogP contribution < -0.4 is 5.11 Å². The lowest BCUT2D eigenvalue weighted by molar-refractivity contribution is -0.868. The number of hydrogen-bond donors (Lipinski definition) is 1. The number of quaternary nitrogens is 1. The lowest BCUT2D eigenvalue weighted by Gasteiger charge is -2.20. The van der Waals surface area contributed by atoms with Crippen LogP contribution in [0, 0.1) is 0 Å². The van der Waals surface area contributed by atoms with E-state index in [1.54, 1.807) is 0 Å². The summed E-state index contributed by atoms with van der Waals surface area (Å²) < 4.78 is 1.07. The van der Waals surface area contributed by atoms with Gasteiger partial charge in [0, 0.05) is 5.56 Å². The van der Waals surface area contributed by atoms with E-state index in [1.807, 2.05) is 0 Å². The van der Waals surface area contributed by atoms with Crippen LogP contribution in [0.15, 0.2) is 24.3 Å². The van der Waals surface area contributed by atoms with Crippen molar-refractivity contribution >= 4 is 11.9 Å². The molecule has 1 N–H and O–H groups in total. The van der Waals surface area contributed by atoms with Crippen molar-refractivity contribution in [2.45, 2.75) is 6.92 Å². The second kappa shape index (κ2) is 6.76. The van der Waals surface area contributed by atoms with E-state index in [0.717, 1.165) is 4.48 Å². The molecule has 5 nitrogen and oxygen atoms in total. The zero-order valence-electron chi connectivity index (χ0n) is 11.1. The number of rotatable bonds is 3. The van der Waals surface area contributed by atoms with Gasteiger partial charge in [-0.2, -0.15) is 0 Å². The van der Waals surface area contributed by atoms with Gasteiger partial charge in [0.1, 0.15) is 0 Å². The van der Waals surface area contributed by atoms with Crippen LogP contribution in [0.3, 0.4) is 0 Å². The van der Waals surface area contributed by atoms with Gasteiger partial charge in [0.05, 0.1) is 39.2 Å². The standard InChI is InChI=1S/C8H6O4.C5H14N/c9-7(10)5-3-1-2-4-6(5)8(11)12;1-5-6(2,3)4/h1-4H,(H,9,10)(H,11,12);5H2,1-4H3/q;+1/p-1. The van der Waals surface area contributed by atoms with Gasteiger partial charge in [0.2, 0.25) is 0 Å². The van der Waals surface area contributed by atoms with E-state index >= 15 is 0 Å². The maximum atomic E-state index is 10.4. The third-order valence-electron chi connectivity index (χ3n) is 2.33. The highest BCUT2D eigenvalue weighted by Crippen LogP contribution is 2.06. The van der Waals surface area contributed by atoms with Crippen LogP contribution in [-0.4, -0.2) is 49.2 Å². The lowest BCUT2D eigenvalue weighted by Crippen LogP contribution is -2.33. The molecule has 0 aliphatic carbocycles. The number of hydrogen-bond acceptors (Lipinski definition) is 3. The Labute approximate surface area is 107 Å². The number of carboxylic acid groups (broad SMARTS) is 2. The highest BCUT2D eigenvalue weighted by atomic mass is 16.4. The summed E-state index contributed by atoms with van der Waals surface area (Å²) >= 11 is 0. The van der Waals surface area contributed by atoms with Crippen LogP contribution in [0.5, 0.6) is 0 Å². The van der Waals surface area contributed by atoms with E-state index in [4.69, 9.17) is 5.11 Å². The predicted molar refractivity (Wildman–Crippen MR) is 66.3 cm³/mol. The van der Waals surface area contributed by atoms with Crippen molar-refractivity contribution in [1.82, 2.24) is 0 Å². The minimum Gasteiger partial charge on any atom is -0.545 e. The first-order valence-corrected chi connectivity index (χ1v) is 5.53. The minimum atomic E-state index is -1.48. The Balaban J connectivity index is 0.000000411. The second-order valence-corrected chi connectivity index (χ2v) is 4.74. The SMILES string of the molecule is CC[N+](C)(C)C.O=C([O-])c1ccccc1C(=O)O. The maximum absolute atomic E-state index is 10.4. The van der Waals surface area contributed by atoms with Crippen LogP contribution in [0.2, 0.25) is 0 Å². The molecule has 0 unspecified atom stereocenters. The average Bonchev–Trinajstić information content (AvgIpc) is 2.28. The number of aromatic carboxylic acids is 2. The van der Waals surface area contributed by atoms with Crippen LogP contribution >= 0.6 is 0 Å². The van der Waals surface area contributed by atoms with Gasteiger partial charge in [-0.05, 0) is 13.0 Å². The fraction of sp³-hybridized carbons (Fsp3) is 0.385. The first-order chi connectivity index (χ1) is 8.19. The normalized spacial score (nSPS) is 10.2. The molecular formula is C13H19NO4. The molecule has 0 aromatic heterocycles. The predicted octanol–water partition coefficient (Wildman–Crippen LogP) is 0.461. The highest BCUT2D eigenvalue weighted by molar-refractivity contribution is 6.00.